The summed E-state index contributed by atoms with van der Waals surface area (Å²) in [7, 11) is 0. The molecule has 1 N–H and O–H groups in total. The molecule has 18 heavy (non-hydrogen) atoms. The predicted octanol–water partition coefficient (Wildman–Crippen LogP) is 2.48. The van der Waals surface area contributed by atoms with Crippen LogP contribution in [0.15, 0.2) is 12.1 Å². The lowest BCUT2D eigenvalue weighted by atomic mass is 10.2. The first-order valence-electron chi connectivity index (χ1n) is 5.20. The number of halogens is 5. The topological polar surface area (TPSA) is 21.3 Å². The van der Waals surface area contributed by atoms with Crippen LogP contribution in [0.3, 0.4) is 0 Å². The number of nitrogens with one attached hydrogen (secondary N) is 1. The van der Waals surface area contributed by atoms with E-state index in [1.807, 2.05) is 0 Å². The number of ether oxygens (including phenoxy) is 1. The van der Waals surface area contributed by atoms with Crippen LogP contribution in [-0.4, -0.2) is 26.2 Å². The minimum absolute atomic E-state index is 0.0521. The highest BCUT2D eigenvalue weighted by atomic mass is 19.3. The number of rotatable bonds is 7. The van der Waals surface area contributed by atoms with E-state index in [0.29, 0.717) is 0 Å². The fourth-order valence-electron chi connectivity index (χ4n) is 1.26. The molecule has 0 amide bonds. The summed E-state index contributed by atoms with van der Waals surface area (Å²) in [6.45, 7) is -0.266. The van der Waals surface area contributed by atoms with Gasteiger partial charge < -0.3 is 10.1 Å². The second-order valence-corrected chi connectivity index (χ2v) is 3.52. The van der Waals surface area contributed by atoms with Crippen molar-refractivity contribution in [2.75, 3.05) is 19.8 Å². The van der Waals surface area contributed by atoms with Crippen molar-refractivity contribution in [2.45, 2.75) is 13.0 Å². The predicted molar refractivity (Wildman–Crippen MR) is 54.8 cm³/mol. The molecular weight excluding hydrogens is 257 g/mol. The Morgan fingerprint density at radius 1 is 1.11 bits per heavy atom. The summed E-state index contributed by atoms with van der Waals surface area (Å²) in [4.78, 5) is 0. The molecule has 7 heteroatoms. The molecule has 0 unspecified atom stereocenters. The normalized spacial score (nSPS) is 11.2. The van der Waals surface area contributed by atoms with Gasteiger partial charge in [0, 0.05) is 13.1 Å². The zero-order valence-electron chi connectivity index (χ0n) is 9.36. The second-order valence-electron chi connectivity index (χ2n) is 3.52. The third-order valence-corrected chi connectivity index (χ3v) is 2.04. The van der Waals surface area contributed by atoms with E-state index in [2.05, 4.69) is 10.1 Å². The summed E-state index contributed by atoms with van der Waals surface area (Å²) >= 11 is 0. The van der Waals surface area contributed by atoms with Gasteiger partial charge in [-0.2, -0.15) is 0 Å². The van der Waals surface area contributed by atoms with Gasteiger partial charge in [-0.15, -0.1) is 0 Å². The van der Waals surface area contributed by atoms with Gasteiger partial charge in [-0.1, -0.05) is 0 Å². The van der Waals surface area contributed by atoms with Crippen LogP contribution in [0.2, 0.25) is 0 Å². The lowest BCUT2D eigenvalue weighted by Crippen LogP contribution is -2.20. The summed E-state index contributed by atoms with van der Waals surface area (Å²) in [5, 5.41) is 2.72. The summed E-state index contributed by atoms with van der Waals surface area (Å²) in [5.74, 6) is -4.04. The third kappa shape index (κ3) is 4.97. The van der Waals surface area contributed by atoms with Gasteiger partial charge >= 0.3 is 0 Å². The van der Waals surface area contributed by atoms with Crippen LogP contribution in [0.1, 0.15) is 5.56 Å². The summed E-state index contributed by atoms with van der Waals surface area (Å²) < 4.78 is 66.2. The Balaban J connectivity index is 2.27. The first-order valence-corrected chi connectivity index (χ1v) is 5.20. The lowest BCUT2D eigenvalue weighted by Gasteiger charge is -2.06. The highest BCUT2D eigenvalue weighted by Gasteiger charge is 2.10. The van der Waals surface area contributed by atoms with E-state index in [0.717, 1.165) is 12.1 Å². The second kappa shape index (κ2) is 7.27. The van der Waals surface area contributed by atoms with Crippen molar-refractivity contribution in [3.05, 3.63) is 35.1 Å². The maximum atomic E-state index is 12.8. The molecule has 1 rings (SSSR count). The fourth-order valence-corrected chi connectivity index (χ4v) is 1.26. The Kier molecular flexibility index (Phi) is 6.00. The van der Waals surface area contributed by atoms with E-state index in [1.165, 1.54) is 0 Å². The van der Waals surface area contributed by atoms with Crippen LogP contribution in [0, 0.1) is 17.5 Å². The molecule has 0 aliphatic heterocycles. The van der Waals surface area contributed by atoms with Crippen molar-refractivity contribution < 1.29 is 26.7 Å². The van der Waals surface area contributed by atoms with E-state index in [1.54, 1.807) is 0 Å². The van der Waals surface area contributed by atoms with Gasteiger partial charge in [0.2, 0.25) is 0 Å². The highest BCUT2D eigenvalue weighted by molar-refractivity contribution is 5.19. The average molecular weight is 269 g/mol. The van der Waals surface area contributed by atoms with Gasteiger partial charge in [0.05, 0.1) is 6.61 Å². The Bertz CT molecular complexity index is 363. The van der Waals surface area contributed by atoms with E-state index < -0.39 is 30.5 Å². The monoisotopic (exact) mass is 269 g/mol. The molecule has 0 aromatic heterocycles. The molecule has 0 fully saturated rings. The molecule has 0 aliphatic rings. The Morgan fingerprint density at radius 2 is 1.72 bits per heavy atom. The number of hydrogen-bond acceptors (Lipinski definition) is 2. The molecule has 1 aromatic rings. The third-order valence-electron chi connectivity index (χ3n) is 2.04. The molecule has 0 radical (unpaired) electrons. The Morgan fingerprint density at radius 3 is 2.28 bits per heavy atom. The molecule has 0 heterocycles. The number of benzene rings is 1. The first-order chi connectivity index (χ1) is 8.50. The SMILES string of the molecule is Fc1cc(CNCCOCC(F)F)cc(F)c1F. The van der Waals surface area contributed by atoms with E-state index in [9.17, 15) is 22.0 Å². The summed E-state index contributed by atoms with van der Waals surface area (Å²) in [6, 6.07) is 1.73. The molecule has 0 bridgehead atoms. The average Bonchev–Trinajstić information content (AvgIpc) is 2.30. The quantitative estimate of drug-likeness (QED) is 0.466. The maximum Gasteiger partial charge on any atom is 0.261 e. The molecule has 1 aromatic carbocycles. The molecule has 102 valence electrons. The molecule has 0 aliphatic carbocycles. The minimum Gasteiger partial charge on any atom is -0.374 e. The van der Waals surface area contributed by atoms with Gasteiger partial charge in [-0.05, 0) is 17.7 Å². The molecule has 2 nitrogen and oxygen atoms in total. The molecule has 0 saturated carbocycles. The molecule has 0 saturated heterocycles. The van der Waals surface area contributed by atoms with Gasteiger partial charge in [-0.3, -0.25) is 0 Å². The zero-order valence-corrected chi connectivity index (χ0v) is 9.36. The van der Waals surface area contributed by atoms with Crippen molar-refractivity contribution >= 4 is 0 Å². The largest absolute Gasteiger partial charge is 0.374 e. The summed E-state index contributed by atoms with van der Waals surface area (Å²) in [5.41, 5.74) is 0.222. The van der Waals surface area contributed by atoms with Crippen LogP contribution in [0.5, 0.6) is 0 Å². The van der Waals surface area contributed by atoms with Crippen molar-refractivity contribution in [1.82, 2.24) is 5.32 Å². The van der Waals surface area contributed by atoms with Crippen molar-refractivity contribution in [3.8, 4) is 0 Å². The van der Waals surface area contributed by atoms with E-state index in [-0.39, 0.29) is 25.3 Å². The van der Waals surface area contributed by atoms with E-state index in [4.69, 9.17) is 0 Å². The van der Waals surface area contributed by atoms with Crippen LogP contribution in [-0.2, 0) is 11.3 Å². The minimum atomic E-state index is -2.52. The van der Waals surface area contributed by atoms with E-state index >= 15 is 0 Å². The number of alkyl halides is 2. The zero-order chi connectivity index (χ0) is 13.5. The highest BCUT2D eigenvalue weighted by Crippen LogP contribution is 2.13. The lowest BCUT2D eigenvalue weighted by molar-refractivity contribution is 0.0187. The van der Waals surface area contributed by atoms with Crippen LogP contribution >= 0.6 is 0 Å². The van der Waals surface area contributed by atoms with Crippen molar-refractivity contribution in [2.24, 2.45) is 0 Å². The molecule has 0 atom stereocenters. The standard InChI is InChI=1S/C11H12F5NO/c12-8-3-7(4-9(13)11(8)16)5-17-1-2-18-6-10(14)15/h3-4,10,17H,1-2,5-6H2. The van der Waals surface area contributed by atoms with Gasteiger partial charge in [0.25, 0.3) is 6.43 Å². The van der Waals surface area contributed by atoms with Crippen molar-refractivity contribution in [3.63, 3.8) is 0 Å². The van der Waals surface area contributed by atoms with Gasteiger partial charge in [0.1, 0.15) is 6.61 Å². The van der Waals surface area contributed by atoms with Gasteiger partial charge in [-0.25, -0.2) is 22.0 Å². The van der Waals surface area contributed by atoms with Crippen molar-refractivity contribution in [1.29, 1.82) is 0 Å². The Hall–Kier alpha value is -1.21. The first kappa shape index (κ1) is 14.8. The van der Waals surface area contributed by atoms with Crippen LogP contribution < -0.4 is 5.32 Å². The smallest absolute Gasteiger partial charge is 0.261 e. The molecule has 0 spiro atoms. The van der Waals surface area contributed by atoms with Gasteiger partial charge in [0.15, 0.2) is 17.5 Å². The summed E-state index contributed by atoms with van der Waals surface area (Å²) in [6.07, 6.45) is -2.52. The van der Waals surface area contributed by atoms with Crippen LogP contribution in [0.25, 0.3) is 0 Å². The van der Waals surface area contributed by atoms with Crippen LogP contribution in [0.4, 0.5) is 22.0 Å². The Labute approximate surface area is 101 Å². The maximum absolute atomic E-state index is 12.8. The number of hydrogen-bond donors (Lipinski definition) is 1. The fraction of sp³-hybridized carbons (Fsp3) is 0.455. The molecular formula is C11H12F5NO.